The third kappa shape index (κ3) is 4.11. The topological polar surface area (TPSA) is 23.5 Å². The van der Waals surface area contributed by atoms with Gasteiger partial charge in [-0.05, 0) is 24.4 Å². The quantitative estimate of drug-likeness (QED) is 0.836. The summed E-state index contributed by atoms with van der Waals surface area (Å²) in [5.41, 5.74) is 1.01. The van der Waals surface area contributed by atoms with E-state index in [1.165, 1.54) is 0 Å². The Morgan fingerprint density at radius 1 is 1.06 bits per heavy atom. The Bertz CT molecular complexity index is 334. The minimum Gasteiger partial charge on any atom is -0.387 e. The molecule has 102 valence electrons. The molecule has 2 heteroatoms. The lowest BCUT2D eigenvalue weighted by atomic mass is 9.91. The van der Waals surface area contributed by atoms with Gasteiger partial charge >= 0.3 is 0 Å². The first kappa shape index (κ1) is 15.2. The van der Waals surface area contributed by atoms with Gasteiger partial charge in [-0.25, -0.2) is 0 Å². The molecule has 0 amide bonds. The Morgan fingerprint density at radius 3 is 2.06 bits per heavy atom. The standard InChI is InChI=1S/C16H27NO/c1-12(2)11-17(5)15(13(3)4)16(18)14-9-7-6-8-10-14/h6-10,12-13,15-16,18H,11H2,1-5H3. The van der Waals surface area contributed by atoms with Crippen molar-refractivity contribution in [1.29, 1.82) is 0 Å². The second kappa shape index (κ2) is 6.91. The summed E-state index contributed by atoms with van der Waals surface area (Å²) in [5.74, 6) is 1.03. The first-order valence-electron chi connectivity index (χ1n) is 6.86. The summed E-state index contributed by atoms with van der Waals surface area (Å²) < 4.78 is 0. The van der Waals surface area contributed by atoms with E-state index in [0.29, 0.717) is 11.8 Å². The van der Waals surface area contributed by atoms with E-state index < -0.39 is 6.10 Å². The summed E-state index contributed by atoms with van der Waals surface area (Å²) in [7, 11) is 2.11. The second-order valence-corrected chi connectivity index (χ2v) is 5.92. The molecule has 2 unspecified atom stereocenters. The molecule has 2 nitrogen and oxygen atoms in total. The Labute approximate surface area is 112 Å². The molecule has 0 aliphatic carbocycles. The van der Waals surface area contributed by atoms with Gasteiger partial charge in [-0.1, -0.05) is 58.0 Å². The van der Waals surface area contributed by atoms with Crippen LogP contribution in [0.4, 0.5) is 0 Å². The molecule has 18 heavy (non-hydrogen) atoms. The predicted octanol–water partition coefficient (Wildman–Crippen LogP) is 3.33. The Hall–Kier alpha value is -0.860. The lowest BCUT2D eigenvalue weighted by Gasteiger charge is -2.36. The van der Waals surface area contributed by atoms with Crippen LogP contribution in [0.3, 0.4) is 0 Å². The number of likely N-dealkylation sites (N-methyl/N-ethyl adjacent to an activating group) is 1. The van der Waals surface area contributed by atoms with Crippen molar-refractivity contribution in [1.82, 2.24) is 4.90 Å². The van der Waals surface area contributed by atoms with E-state index in [4.69, 9.17) is 0 Å². The summed E-state index contributed by atoms with van der Waals surface area (Å²) in [6, 6.07) is 10.1. The smallest absolute Gasteiger partial charge is 0.0947 e. The van der Waals surface area contributed by atoms with E-state index in [-0.39, 0.29) is 6.04 Å². The van der Waals surface area contributed by atoms with E-state index in [2.05, 4.69) is 39.6 Å². The number of hydrogen-bond acceptors (Lipinski definition) is 2. The van der Waals surface area contributed by atoms with Gasteiger partial charge in [-0.2, -0.15) is 0 Å². The zero-order chi connectivity index (χ0) is 13.7. The van der Waals surface area contributed by atoms with Crippen molar-refractivity contribution in [2.24, 2.45) is 11.8 Å². The average Bonchev–Trinajstić information content (AvgIpc) is 2.28. The molecule has 0 aliphatic heterocycles. The fraction of sp³-hybridized carbons (Fsp3) is 0.625. The fourth-order valence-electron chi connectivity index (χ4n) is 2.66. The van der Waals surface area contributed by atoms with Gasteiger partial charge in [0.1, 0.15) is 0 Å². The van der Waals surface area contributed by atoms with Crippen molar-refractivity contribution in [3.8, 4) is 0 Å². The molecule has 1 rings (SSSR count). The van der Waals surface area contributed by atoms with Crippen LogP contribution in [0.1, 0.15) is 39.4 Å². The van der Waals surface area contributed by atoms with Crippen LogP contribution < -0.4 is 0 Å². The van der Waals surface area contributed by atoms with Gasteiger partial charge in [0.15, 0.2) is 0 Å². The van der Waals surface area contributed by atoms with E-state index >= 15 is 0 Å². The second-order valence-electron chi connectivity index (χ2n) is 5.92. The van der Waals surface area contributed by atoms with Crippen LogP contribution in [0.25, 0.3) is 0 Å². The van der Waals surface area contributed by atoms with Crippen molar-refractivity contribution in [3.05, 3.63) is 35.9 Å². The van der Waals surface area contributed by atoms with Gasteiger partial charge in [0.2, 0.25) is 0 Å². The summed E-state index contributed by atoms with van der Waals surface area (Å²) in [4.78, 5) is 2.28. The number of aliphatic hydroxyl groups is 1. The highest BCUT2D eigenvalue weighted by Gasteiger charge is 2.27. The molecule has 0 fully saturated rings. The highest BCUT2D eigenvalue weighted by molar-refractivity contribution is 5.19. The first-order chi connectivity index (χ1) is 8.43. The average molecular weight is 249 g/mol. The van der Waals surface area contributed by atoms with Gasteiger partial charge in [0, 0.05) is 12.6 Å². The Kier molecular flexibility index (Phi) is 5.83. The molecular weight excluding hydrogens is 222 g/mol. The van der Waals surface area contributed by atoms with E-state index in [1.807, 2.05) is 30.3 Å². The summed E-state index contributed by atoms with van der Waals surface area (Å²) in [6.45, 7) is 9.78. The highest BCUT2D eigenvalue weighted by Crippen LogP contribution is 2.26. The summed E-state index contributed by atoms with van der Waals surface area (Å²) in [5, 5.41) is 10.6. The van der Waals surface area contributed by atoms with Crippen LogP contribution >= 0.6 is 0 Å². The van der Waals surface area contributed by atoms with Crippen LogP contribution in [-0.2, 0) is 0 Å². The molecule has 0 saturated heterocycles. The molecule has 2 atom stereocenters. The number of nitrogens with zero attached hydrogens (tertiary/aromatic N) is 1. The third-order valence-corrected chi connectivity index (χ3v) is 3.31. The molecule has 0 bridgehead atoms. The van der Waals surface area contributed by atoms with Crippen molar-refractivity contribution in [2.75, 3.05) is 13.6 Å². The van der Waals surface area contributed by atoms with Gasteiger partial charge < -0.3 is 5.11 Å². The SMILES string of the molecule is CC(C)CN(C)C(C(C)C)C(O)c1ccccc1. The maximum absolute atomic E-state index is 10.6. The molecule has 0 spiro atoms. The van der Waals surface area contributed by atoms with E-state index in [1.54, 1.807) is 0 Å². The minimum atomic E-state index is -0.421. The third-order valence-electron chi connectivity index (χ3n) is 3.31. The van der Waals surface area contributed by atoms with Crippen LogP contribution in [0, 0.1) is 11.8 Å². The van der Waals surface area contributed by atoms with Crippen LogP contribution in [0.2, 0.25) is 0 Å². The van der Waals surface area contributed by atoms with Gasteiger partial charge in [-0.15, -0.1) is 0 Å². The Morgan fingerprint density at radius 2 is 1.61 bits per heavy atom. The monoisotopic (exact) mass is 249 g/mol. The van der Waals surface area contributed by atoms with Crippen molar-refractivity contribution >= 4 is 0 Å². The molecule has 0 aliphatic rings. The molecule has 0 saturated carbocycles. The molecule has 0 aromatic heterocycles. The number of rotatable bonds is 6. The van der Waals surface area contributed by atoms with Gasteiger partial charge in [0.25, 0.3) is 0 Å². The zero-order valence-electron chi connectivity index (χ0n) is 12.3. The first-order valence-corrected chi connectivity index (χ1v) is 6.86. The number of aliphatic hydroxyl groups excluding tert-OH is 1. The molecule has 0 radical (unpaired) electrons. The predicted molar refractivity (Wildman–Crippen MR) is 77.5 cm³/mol. The van der Waals surface area contributed by atoms with Gasteiger partial charge in [0.05, 0.1) is 6.10 Å². The zero-order valence-corrected chi connectivity index (χ0v) is 12.3. The fourth-order valence-corrected chi connectivity index (χ4v) is 2.66. The molecule has 0 heterocycles. The lowest BCUT2D eigenvalue weighted by Crippen LogP contribution is -2.42. The number of hydrogen-bond donors (Lipinski definition) is 1. The highest BCUT2D eigenvalue weighted by atomic mass is 16.3. The molecule has 1 aromatic rings. The summed E-state index contributed by atoms with van der Waals surface area (Å²) >= 11 is 0. The van der Waals surface area contributed by atoms with Crippen molar-refractivity contribution in [3.63, 3.8) is 0 Å². The molecule has 1 aromatic carbocycles. The minimum absolute atomic E-state index is 0.162. The normalized spacial score (nSPS) is 15.4. The van der Waals surface area contributed by atoms with Crippen LogP contribution in [-0.4, -0.2) is 29.6 Å². The number of benzene rings is 1. The van der Waals surface area contributed by atoms with Gasteiger partial charge in [-0.3, -0.25) is 4.90 Å². The lowest BCUT2D eigenvalue weighted by molar-refractivity contribution is 0.0312. The molecular formula is C16H27NO. The van der Waals surface area contributed by atoms with Crippen LogP contribution in [0.5, 0.6) is 0 Å². The maximum atomic E-state index is 10.6. The largest absolute Gasteiger partial charge is 0.387 e. The van der Waals surface area contributed by atoms with E-state index in [9.17, 15) is 5.11 Å². The van der Waals surface area contributed by atoms with Crippen molar-refractivity contribution in [2.45, 2.75) is 39.8 Å². The van der Waals surface area contributed by atoms with E-state index in [0.717, 1.165) is 12.1 Å². The maximum Gasteiger partial charge on any atom is 0.0947 e. The Balaban J connectivity index is 2.85. The van der Waals surface area contributed by atoms with Crippen LogP contribution in [0.15, 0.2) is 30.3 Å². The van der Waals surface area contributed by atoms with Crippen molar-refractivity contribution < 1.29 is 5.11 Å². The molecule has 1 N–H and O–H groups in total. The summed E-state index contributed by atoms with van der Waals surface area (Å²) in [6.07, 6.45) is -0.421.